The van der Waals surface area contributed by atoms with Gasteiger partial charge in [-0.2, -0.15) is 0 Å². The molecular weight excluding hydrogens is 188 g/mol. The number of hydrogen-bond acceptors (Lipinski definition) is 3. The Hall–Kier alpha value is -1.22. The number of rotatable bonds is 4. The van der Waals surface area contributed by atoms with Crippen LogP contribution in [0.3, 0.4) is 0 Å². The molecule has 1 aliphatic rings. The monoisotopic (exact) mass is 206 g/mol. The molecule has 0 spiro atoms. The lowest BCUT2D eigenvalue weighted by molar-refractivity contribution is 0.303. The fraction of sp³-hybridized carbons (Fsp3) is 0.500. The number of nitrogens with zero attached hydrogens (tertiary/aromatic N) is 1. The molecule has 0 bridgehead atoms. The lowest BCUT2D eigenvalue weighted by Gasteiger charge is -2.18. The van der Waals surface area contributed by atoms with Gasteiger partial charge in [0.05, 0.1) is 11.8 Å². The Morgan fingerprint density at radius 1 is 1.40 bits per heavy atom. The molecule has 0 aromatic heterocycles. The summed E-state index contributed by atoms with van der Waals surface area (Å²) in [6.45, 7) is 0.564. The van der Waals surface area contributed by atoms with Crippen LogP contribution in [0.1, 0.15) is 18.4 Å². The Morgan fingerprint density at radius 3 is 2.67 bits per heavy atom. The highest BCUT2D eigenvalue weighted by molar-refractivity contribution is 5.59. The van der Waals surface area contributed by atoms with Gasteiger partial charge < -0.3 is 15.4 Å². The molecule has 15 heavy (non-hydrogen) atoms. The van der Waals surface area contributed by atoms with Crippen LogP contribution in [-0.4, -0.2) is 20.2 Å². The van der Waals surface area contributed by atoms with E-state index in [2.05, 4.69) is 17.0 Å². The fourth-order valence-corrected chi connectivity index (χ4v) is 1.51. The molecular formula is C12H18N2O. The van der Waals surface area contributed by atoms with Crippen molar-refractivity contribution in [3.63, 3.8) is 0 Å². The van der Waals surface area contributed by atoms with Gasteiger partial charge in [0.2, 0.25) is 0 Å². The van der Waals surface area contributed by atoms with Crippen LogP contribution in [0.2, 0.25) is 0 Å². The predicted molar refractivity (Wildman–Crippen MR) is 62.3 cm³/mol. The Balaban J connectivity index is 2.26. The topological polar surface area (TPSA) is 38.5 Å². The van der Waals surface area contributed by atoms with Crippen LogP contribution in [0.4, 0.5) is 5.69 Å². The molecule has 1 aromatic rings. The average Bonchev–Trinajstić information content (AvgIpc) is 3.01. The summed E-state index contributed by atoms with van der Waals surface area (Å²) in [6, 6.07) is 6.17. The minimum Gasteiger partial charge on any atom is -0.488 e. The number of nitrogens with two attached hydrogens (primary N) is 1. The molecule has 0 heterocycles. The van der Waals surface area contributed by atoms with Gasteiger partial charge >= 0.3 is 0 Å². The van der Waals surface area contributed by atoms with Gasteiger partial charge in [0.25, 0.3) is 0 Å². The highest BCUT2D eigenvalue weighted by Crippen LogP contribution is 2.34. The van der Waals surface area contributed by atoms with Crippen molar-refractivity contribution in [3.05, 3.63) is 23.8 Å². The van der Waals surface area contributed by atoms with Crippen molar-refractivity contribution >= 4 is 5.69 Å². The van der Waals surface area contributed by atoms with Crippen LogP contribution >= 0.6 is 0 Å². The van der Waals surface area contributed by atoms with E-state index >= 15 is 0 Å². The van der Waals surface area contributed by atoms with E-state index in [9.17, 15) is 0 Å². The van der Waals surface area contributed by atoms with E-state index in [0.717, 1.165) is 17.0 Å². The first kappa shape index (κ1) is 10.3. The second-order valence-corrected chi connectivity index (χ2v) is 4.22. The van der Waals surface area contributed by atoms with Crippen molar-refractivity contribution in [2.45, 2.75) is 25.5 Å². The SMILES string of the molecule is CN(C)c1ccc(CN)cc1OC1CC1. The lowest BCUT2D eigenvalue weighted by Crippen LogP contribution is -2.12. The molecule has 1 saturated carbocycles. The Morgan fingerprint density at radius 2 is 2.13 bits per heavy atom. The third-order valence-electron chi connectivity index (χ3n) is 2.56. The molecule has 2 N–H and O–H groups in total. The molecule has 1 aromatic carbocycles. The summed E-state index contributed by atoms with van der Waals surface area (Å²) in [5.41, 5.74) is 7.87. The molecule has 0 radical (unpaired) electrons. The Bertz CT molecular complexity index is 345. The average molecular weight is 206 g/mol. The molecule has 3 heteroatoms. The van der Waals surface area contributed by atoms with Gasteiger partial charge in [0.1, 0.15) is 5.75 Å². The maximum atomic E-state index is 5.86. The summed E-state index contributed by atoms with van der Waals surface area (Å²) in [6.07, 6.45) is 2.79. The molecule has 3 nitrogen and oxygen atoms in total. The summed E-state index contributed by atoms with van der Waals surface area (Å²) in [5.74, 6) is 0.963. The molecule has 0 saturated heterocycles. The van der Waals surface area contributed by atoms with Gasteiger partial charge in [0.15, 0.2) is 0 Å². The third kappa shape index (κ3) is 2.42. The maximum absolute atomic E-state index is 5.86. The summed E-state index contributed by atoms with van der Waals surface area (Å²) in [7, 11) is 4.05. The largest absolute Gasteiger partial charge is 0.488 e. The van der Waals surface area contributed by atoms with Gasteiger partial charge in [-0.1, -0.05) is 6.07 Å². The zero-order chi connectivity index (χ0) is 10.8. The van der Waals surface area contributed by atoms with Crippen LogP contribution < -0.4 is 15.4 Å². The minimum atomic E-state index is 0.428. The van der Waals surface area contributed by atoms with E-state index in [-0.39, 0.29) is 0 Å². The fourth-order valence-electron chi connectivity index (χ4n) is 1.51. The first-order valence-corrected chi connectivity index (χ1v) is 5.37. The molecule has 1 aliphatic carbocycles. The van der Waals surface area contributed by atoms with Crippen LogP contribution in [0.25, 0.3) is 0 Å². The molecule has 0 atom stereocenters. The highest BCUT2D eigenvalue weighted by atomic mass is 16.5. The van der Waals surface area contributed by atoms with Gasteiger partial charge in [-0.3, -0.25) is 0 Å². The summed E-state index contributed by atoms with van der Waals surface area (Å²) < 4.78 is 5.86. The van der Waals surface area contributed by atoms with Crippen LogP contribution in [0.5, 0.6) is 5.75 Å². The first-order chi connectivity index (χ1) is 7.20. The molecule has 0 aliphatic heterocycles. The zero-order valence-electron chi connectivity index (χ0n) is 9.36. The molecule has 1 fully saturated rings. The van der Waals surface area contributed by atoms with Crippen molar-refractivity contribution in [1.82, 2.24) is 0 Å². The highest BCUT2D eigenvalue weighted by Gasteiger charge is 2.24. The number of anilines is 1. The van der Waals surface area contributed by atoms with Gasteiger partial charge in [0, 0.05) is 20.6 Å². The summed E-state index contributed by atoms with van der Waals surface area (Å²) >= 11 is 0. The van der Waals surface area contributed by atoms with E-state index in [1.165, 1.54) is 12.8 Å². The molecule has 0 amide bonds. The Kier molecular flexibility index (Phi) is 2.82. The molecule has 0 unspecified atom stereocenters. The van der Waals surface area contributed by atoms with E-state index in [1.54, 1.807) is 0 Å². The Labute approximate surface area is 90.8 Å². The van der Waals surface area contributed by atoms with Crippen LogP contribution in [0.15, 0.2) is 18.2 Å². The zero-order valence-corrected chi connectivity index (χ0v) is 9.36. The lowest BCUT2D eigenvalue weighted by atomic mass is 10.2. The van der Waals surface area contributed by atoms with Crippen molar-refractivity contribution in [2.75, 3.05) is 19.0 Å². The number of benzene rings is 1. The van der Waals surface area contributed by atoms with Crippen LogP contribution in [-0.2, 0) is 6.54 Å². The van der Waals surface area contributed by atoms with E-state index < -0.39 is 0 Å². The first-order valence-electron chi connectivity index (χ1n) is 5.37. The van der Waals surface area contributed by atoms with Crippen molar-refractivity contribution < 1.29 is 4.74 Å². The van der Waals surface area contributed by atoms with Gasteiger partial charge in [-0.05, 0) is 30.5 Å². The second kappa shape index (κ2) is 4.11. The van der Waals surface area contributed by atoms with E-state index in [0.29, 0.717) is 12.6 Å². The van der Waals surface area contributed by atoms with Crippen molar-refractivity contribution in [3.8, 4) is 5.75 Å². The van der Waals surface area contributed by atoms with Gasteiger partial charge in [-0.15, -0.1) is 0 Å². The second-order valence-electron chi connectivity index (χ2n) is 4.22. The molecule has 82 valence electrons. The van der Waals surface area contributed by atoms with E-state index in [1.807, 2.05) is 20.2 Å². The number of ether oxygens (including phenoxy) is 1. The van der Waals surface area contributed by atoms with Crippen molar-refractivity contribution in [2.24, 2.45) is 5.73 Å². The summed E-state index contributed by atoms with van der Waals surface area (Å²) in [4.78, 5) is 2.07. The van der Waals surface area contributed by atoms with E-state index in [4.69, 9.17) is 10.5 Å². The van der Waals surface area contributed by atoms with Crippen LogP contribution in [0, 0.1) is 0 Å². The number of hydrogen-bond donors (Lipinski definition) is 1. The summed E-state index contributed by atoms with van der Waals surface area (Å²) in [5, 5.41) is 0. The molecule has 2 rings (SSSR count). The smallest absolute Gasteiger partial charge is 0.143 e. The maximum Gasteiger partial charge on any atom is 0.143 e. The standard InChI is InChI=1S/C12H18N2O/c1-14(2)11-6-3-9(8-13)7-12(11)15-10-4-5-10/h3,6-7,10H,4-5,8,13H2,1-2H3. The third-order valence-corrected chi connectivity index (χ3v) is 2.56. The predicted octanol–water partition coefficient (Wildman–Crippen LogP) is 1.75. The minimum absolute atomic E-state index is 0.428. The van der Waals surface area contributed by atoms with Crippen molar-refractivity contribution in [1.29, 1.82) is 0 Å². The normalized spacial score (nSPS) is 15.1. The quantitative estimate of drug-likeness (QED) is 0.815. The van der Waals surface area contributed by atoms with Gasteiger partial charge in [-0.25, -0.2) is 0 Å².